The first kappa shape index (κ1) is 20.0. The van der Waals surface area contributed by atoms with Gasteiger partial charge in [-0.05, 0) is 51.1 Å². The highest BCUT2D eigenvalue weighted by Crippen LogP contribution is 2.29. The molecule has 1 amide bonds. The van der Waals surface area contributed by atoms with Crippen LogP contribution in [0.2, 0.25) is 0 Å². The number of ether oxygens (including phenoxy) is 2. The van der Waals surface area contributed by atoms with Gasteiger partial charge in [-0.3, -0.25) is 4.79 Å². The van der Waals surface area contributed by atoms with Crippen LogP contribution in [0.4, 0.5) is 5.69 Å². The van der Waals surface area contributed by atoms with Crippen LogP contribution in [0.25, 0.3) is 11.0 Å². The van der Waals surface area contributed by atoms with E-state index in [0.717, 1.165) is 5.39 Å². The number of nitriles is 1. The minimum Gasteiger partial charge on any atom is -0.494 e. The van der Waals surface area contributed by atoms with Gasteiger partial charge in [-0.15, -0.1) is 0 Å². The van der Waals surface area contributed by atoms with E-state index in [1.54, 1.807) is 49.4 Å². The third kappa shape index (κ3) is 4.22. The van der Waals surface area contributed by atoms with Gasteiger partial charge in [0.2, 0.25) is 5.76 Å². The first-order valence-corrected chi connectivity index (χ1v) is 9.11. The highest BCUT2D eigenvalue weighted by atomic mass is 16.6. The van der Waals surface area contributed by atoms with Gasteiger partial charge in [0, 0.05) is 10.9 Å². The molecule has 0 aliphatic carbocycles. The van der Waals surface area contributed by atoms with Crippen LogP contribution in [0.15, 0.2) is 46.9 Å². The van der Waals surface area contributed by atoms with Gasteiger partial charge in [-0.25, -0.2) is 4.79 Å². The van der Waals surface area contributed by atoms with E-state index in [2.05, 4.69) is 5.32 Å². The molecule has 7 nitrogen and oxygen atoms in total. The number of nitrogens with zero attached hydrogens (tertiary/aromatic N) is 1. The average Bonchev–Trinajstić information content (AvgIpc) is 3.05. The molecule has 0 aliphatic rings. The molecule has 0 radical (unpaired) electrons. The van der Waals surface area contributed by atoms with Gasteiger partial charge < -0.3 is 19.2 Å². The summed E-state index contributed by atoms with van der Waals surface area (Å²) < 4.78 is 16.4. The summed E-state index contributed by atoms with van der Waals surface area (Å²) in [4.78, 5) is 24.9. The number of fused-ring (bicyclic) bond motifs is 1. The molecule has 3 aromatic rings. The molecular weight excluding hydrogens is 372 g/mol. The van der Waals surface area contributed by atoms with E-state index in [9.17, 15) is 9.59 Å². The lowest BCUT2D eigenvalue weighted by Crippen LogP contribution is -2.30. The predicted molar refractivity (Wildman–Crippen MR) is 107 cm³/mol. The van der Waals surface area contributed by atoms with Crippen molar-refractivity contribution in [1.82, 2.24) is 0 Å². The monoisotopic (exact) mass is 392 g/mol. The lowest BCUT2D eigenvalue weighted by Gasteiger charge is -2.13. The minimum absolute atomic E-state index is 0.0331. The maximum absolute atomic E-state index is 12.6. The van der Waals surface area contributed by atoms with E-state index >= 15 is 0 Å². The zero-order valence-corrected chi connectivity index (χ0v) is 16.3. The number of anilines is 1. The van der Waals surface area contributed by atoms with Crippen LogP contribution < -0.4 is 10.1 Å². The Bertz CT molecular complexity index is 1110. The van der Waals surface area contributed by atoms with Gasteiger partial charge in [-0.2, -0.15) is 5.26 Å². The number of nitrogens with one attached hydrogen (secondary N) is 1. The normalized spacial score (nSPS) is 11.5. The lowest BCUT2D eigenvalue weighted by molar-refractivity contribution is -0.123. The number of furan rings is 1. The quantitative estimate of drug-likeness (QED) is 0.631. The lowest BCUT2D eigenvalue weighted by atomic mass is 10.1. The highest BCUT2D eigenvalue weighted by molar-refractivity contribution is 6.00. The number of benzene rings is 2. The number of carbonyl (C=O) groups excluding carboxylic acids is 2. The zero-order valence-electron chi connectivity index (χ0n) is 16.3. The maximum Gasteiger partial charge on any atom is 0.375 e. The Morgan fingerprint density at radius 1 is 1.24 bits per heavy atom. The summed E-state index contributed by atoms with van der Waals surface area (Å²) in [6.07, 6.45) is -1.08. The predicted octanol–water partition coefficient (Wildman–Crippen LogP) is 4.20. The van der Waals surface area contributed by atoms with Crippen molar-refractivity contribution in [3.05, 3.63) is 59.4 Å². The largest absolute Gasteiger partial charge is 0.494 e. The van der Waals surface area contributed by atoms with E-state index in [-0.39, 0.29) is 5.76 Å². The second-order valence-electron chi connectivity index (χ2n) is 6.34. The van der Waals surface area contributed by atoms with Gasteiger partial charge in [-0.1, -0.05) is 12.1 Å². The van der Waals surface area contributed by atoms with E-state index in [0.29, 0.717) is 34.8 Å². The molecule has 2 aromatic carbocycles. The van der Waals surface area contributed by atoms with Crippen LogP contribution in [0, 0.1) is 18.3 Å². The van der Waals surface area contributed by atoms with E-state index < -0.39 is 18.0 Å². The Labute approximate surface area is 167 Å². The number of para-hydroxylation sites is 1. The molecule has 7 heteroatoms. The number of esters is 1. The molecule has 3 rings (SSSR count). The Balaban J connectivity index is 1.74. The summed E-state index contributed by atoms with van der Waals surface area (Å²) in [7, 11) is 0. The molecule has 1 atom stereocenters. The van der Waals surface area contributed by atoms with Crippen LogP contribution in [0.1, 0.15) is 35.5 Å². The van der Waals surface area contributed by atoms with Crippen LogP contribution in [-0.2, 0) is 9.53 Å². The molecule has 0 saturated carbocycles. The Kier molecular flexibility index (Phi) is 5.84. The fourth-order valence-electron chi connectivity index (χ4n) is 2.84. The second kappa shape index (κ2) is 8.48. The van der Waals surface area contributed by atoms with E-state index in [1.807, 2.05) is 13.0 Å². The van der Waals surface area contributed by atoms with Crippen molar-refractivity contribution in [2.75, 3.05) is 11.9 Å². The van der Waals surface area contributed by atoms with Crippen molar-refractivity contribution in [3.8, 4) is 11.8 Å². The summed E-state index contributed by atoms with van der Waals surface area (Å²) in [5, 5.41) is 12.4. The summed E-state index contributed by atoms with van der Waals surface area (Å²) in [5.74, 6) is -0.584. The van der Waals surface area contributed by atoms with Gasteiger partial charge in [0.15, 0.2) is 6.10 Å². The topological polar surface area (TPSA) is 102 Å². The van der Waals surface area contributed by atoms with Crippen molar-refractivity contribution < 1.29 is 23.5 Å². The van der Waals surface area contributed by atoms with Crippen LogP contribution in [0.3, 0.4) is 0 Å². The fraction of sp³-hybridized carbons (Fsp3) is 0.227. The molecule has 0 unspecified atom stereocenters. The summed E-state index contributed by atoms with van der Waals surface area (Å²) >= 11 is 0. The molecule has 0 aliphatic heterocycles. The van der Waals surface area contributed by atoms with Gasteiger partial charge >= 0.3 is 5.97 Å². The third-order valence-corrected chi connectivity index (χ3v) is 4.36. The zero-order chi connectivity index (χ0) is 21.0. The van der Waals surface area contributed by atoms with Crippen LogP contribution in [-0.4, -0.2) is 24.6 Å². The number of hydrogen-bond donors (Lipinski definition) is 1. The fourth-order valence-corrected chi connectivity index (χ4v) is 2.84. The number of carbonyl (C=O) groups is 2. The molecule has 0 spiro atoms. The van der Waals surface area contributed by atoms with E-state index in [4.69, 9.17) is 19.2 Å². The Morgan fingerprint density at radius 3 is 2.72 bits per heavy atom. The number of hydrogen-bond acceptors (Lipinski definition) is 6. The summed E-state index contributed by atoms with van der Waals surface area (Å²) in [6.45, 7) is 5.61. The van der Waals surface area contributed by atoms with Crippen molar-refractivity contribution in [1.29, 1.82) is 5.26 Å². The van der Waals surface area contributed by atoms with Crippen molar-refractivity contribution in [2.45, 2.75) is 26.9 Å². The minimum atomic E-state index is -1.08. The molecule has 1 N–H and O–H groups in total. The average molecular weight is 392 g/mol. The van der Waals surface area contributed by atoms with Crippen LogP contribution >= 0.6 is 0 Å². The second-order valence-corrected chi connectivity index (χ2v) is 6.34. The molecular formula is C22H20N2O5. The van der Waals surface area contributed by atoms with E-state index in [1.165, 1.54) is 6.92 Å². The Morgan fingerprint density at radius 2 is 2.00 bits per heavy atom. The van der Waals surface area contributed by atoms with Crippen molar-refractivity contribution in [2.24, 2.45) is 0 Å². The summed E-state index contributed by atoms with van der Waals surface area (Å²) in [5.41, 5.74) is 1.80. The SMILES string of the molecule is CCOc1ccc2oc(C(=O)O[C@H](C)C(=O)Nc3ccccc3C#N)c(C)c2c1. The molecule has 29 heavy (non-hydrogen) atoms. The first-order valence-electron chi connectivity index (χ1n) is 9.11. The smallest absolute Gasteiger partial charge is 0.375 e. The standard InChI is InChI=1S/C22H20N2O5/c1-4-27-16-9-10-19-17(11-16)13(2)20(29-19)22(26)28-14(3)21(25)24-18-8-6-5-7-15(18)12-23/h5-11,14H,4H2,1-3H3,(H,24,25)/t14-/m1/s1. The van der Waals surface area contributed by atoms with Gasteiger partial charge in [0.1, 0.15) is 17.4 Å². The number of aryl methyl sites for hydroxylation is 1. The van der Waals surface area contributed by atoms with Crippen LogP contribution in [0.5, 0.6) is 5.75 Å². The molecule has 148 valence electrons. The Hall–Kier alpha value is -3.79. The maximum atomic E-state index is 12.6. The molecule has 0 fully saturated rings. The third-order valence-electron chi connectivity index (χ3n) is 4.36. The molecule has 1 heterocycles. The summed E-state index contributed by atoms with van der Waals surface area (Å²) in [6, 6.07) is 13.8. The first-order chi connectivity index (χ1) is 13.9. The molecule has 0 saturated heterocycles. The highest BCUT2D eigenvalue weighted by Gasteiger charge is 2.25. The molecule has 0 bridgehead atoms. The number of rotatable bonds is 6. The van der Waals surface area contributed by atoms with Gasteiger partial charge in [0.05, 0.1) is 17.9 Å². The van der Waals surface area contributed by atoms with Crippen molar-refractivity contribution >= 4 is 28.5 Å². The number of amides is 1. The van der Waals surface area contributed by atoms with Crippen molar-refractivity contribution in [3.63, 3.8) is 0 Å². The van der Waals surface area contributed by atoms with Gasteiger partial charge in [0.25, 0.3) is 5.91 Å². The molecule has 1 aromatic heterocycles.